The van der Waals surface area contributed by atoms with Crippen molar-refractivity contribution in [3.63, 3.8) is 0 Å². The lowest BCUT2D eigenvalue weighted by atomic mass is 9.71. The zero-order valence-corrected chi connectivity index (χ0v) is 11.9. The highest BCUT2D eigenvalue weighted by atomic mass is 16.5. The summed E-state index contributed by atoms with van der Waals surface area (Å²) in [6, 6.07) is 0.475. The van der Waals surface area contributed by atoms with Crippen LogP contribution in [0.3, 0.4) is 0 Å². The fraction of sp³-hybridized carbons (Fsp3) is 1.00. The standard InChI is InChI=1S/C14H29NO2/c1-5-15-13-12(17-11-10-16-6-2)8-7-9-14(13,3)4/h12-13,15H,5-11H2,1-4H3. The Morgan fingerprint density at radius 2 is 2.00 bits per heavy atom. The Labute approximate surface area is 106 Å². The van der Waals surface area contributed by atoms with Crippen LogP contribution < -0.4 is 5.32 Å². The highest BCUT2D eigenvalue weighted by Crippen LogP contribution is 2.36. The van der Waals surface area contributed by atoms with Crippen molar-refractivity contribution in [2.45, 2.75) is 59.1 Å². The van der Waals surface area contributed by atoms with Gasteiger partial charge >= 0.3 is 0 Å². The smallest absolute Gasteiger partial charge is 0.0734 e. The lowest BCUT2D eigenvalue weighted by Gasteiger charge is -2.44. The quantitative estimate of drug-likeness (QED) is 0.697. The van der Waals surface area contributed by atoms with Gasteiger partial charge in [0.05, 0.1) is 19.3 Å². The van der Waals surface area contributed by atoms with Crippen molar-refractivity contribution in [3.8, 4) is 0 Å². The minimum Gasteiger partial charge on any atom is -0.379 e. The number of hydrogen-bond donors (Lipinski definition) is 1. The van der Waals surface area contributed by atoms with Crippen LogP contribution >= 0.6 is 0 Å². The minimum atomic E-state index is 0.338. The first kappa shape index (κ1) is 14.9. The Bertz CT molecular complexity index is 206. The van der Waals surface area contributed by atoms with Gasteiger partial charge in [0, 0.05) is 12.6 Å². The average Bonchev–Trinajstić information content (AvgIpc) is 2.28. The van der Waals surface area contributed by atoms with Crippen LogP contribution in [0.2, 0.25) is 0 Å². The van der Waals surface area contributed by atoms with Gasteiger partial charge in [0.1, 0.15) is 0 Å². The van der Waals surface area contributed by atoms with Gasteiger partial charge < -0.3 is 14.8 Å². The summed E-state index contributed by atoms with van der Waals surface area (Å²) in [6.07, 6.45) is 4.08. The van der Waals surface area contributed by atoms with Crippen LogP contribution in [-0.4, -0.2) is 38.5 Å². The summed E-state index contributed by atoms with van der Waals surface area (Å²) in [5.41, 5.74) is 0.338. The predicted molar refractivity (Wildman–Crippen MR) is 71.3 cm³/mol. The Kier molecular flexibility index (Phi) is 6.45. The summed E-state index contributed by atoms with van der Waals surface area (Å²) >= 11 is 0. The van der Waals surface area contributed by atoms with Gasteiger partial charge in [-0.25, -0.2) is 0 Å². The van der Waals surface area contributed by atoms with E-state index in [9.17, 15) is 0 Å². The van der Waals surface area contributed by atoms with Crippen LogP contribution in [-0.2, 0) is 9.47 Å². The SMILES string of the molecule is CCNC1C(OCCOCC)CCCC1(C)C. The van der Waals surface area contributed by atoms with E-state index >= 15 is 0 Å². The Balaban J connectivity index is 2.43. The molecule has 1 aliphatic rings. The van der Waals surface area contributed by atoms with E-state index in [-0.39, 0.29) is 0 Å². The number of nitrogens with one attached hydrogen (secondary N) is 1. The Morgan fingerprint density at radius 3 is 2.65 bits per heavy atom. The summed E-state index contributed by atoms with van der Waals surface area (Å²) in [5, 5.41) is 3.60. The third-order valence-electron chi connectivity index (χ3n) is 3.71. The van der Waals surface area contributed by atoms with Crippen molar-refractivity contribution in [2.75, 3.05) is 26.4 Å². The molecule has 0 spiro atoms. The molecule has 2 atom stereocenters. The molecule has 3 nitrogen and oxygen atoms in total. The molecule has 1 N–H and O–H groups in total. The minimum absolute atomic E-state index is 0.338. The van der Waals surface area contributed by atoms with Crippen LogP contribution in [0.15, 0.2) is 0 Å². The summed E-state index contributed by atoms with van der Waals surface area (Å²) < 4.78 is 11.3. The molecule has 0 saturated heterocycles. The monoisotopic (exact) mass is 243 g/mol. The molecule has 2 unspecified atom stereocenters. The maximum absolute atomic E-state index is 6.00. The number of likely N-dealkylation sites (N-methyl/N-ethyl adjacent to an activating group) is 1. The van der Waals surface area contributed by atoms with Crippen molar-refractivity contribution in [1.29, 1.82) is 0 Å². The molecule has 0 aromatic heterocycles. The topological polar surface area (TPSA) is 30.5 Å². The molecule has 0 radical (unpaired) electrons. The van der Waals surface area contributed by atoms with Gasteiger partial charge in [0.2, 0.25) is 0 Å². The second kappa shape index (κ2) is 7.34. The van der Waals surface area contributed by atoms with Crippen molar-refractivity contribution >= 4 is 0 Å². The second-order valence-corrected chi connectivity index (χ2v) is 5.52. The molecule has 17 heavy (non-hydrogen) atoms. The highest BCUT2D eigenvalue weighted by molar-refractivity contribution is 4.94. The molecule has 0 bridgehead atoms. The normalized spacial score (nSPS) is 28.2. The molecule has 1 fully saturated rings. The van der Waals surface area contributed by atoms with Crippen LogP contribution in [0.1, 0.15) is 47.0 Å². The first-order valence-corrected chi connectivity index (χ1v) is 7.04. The van der Waals surface area contributed by atoms with Crippen molar-refractivity contribution in [1.82, 2.24) is 5.32 Å². The zero-order valence-electron chi connectivity index (χ0n) is 11.9. The van der Waals surface area contributed by atoms with Gasteiger partial charge in [0.15, 0.2) is 0 Å². The van der Waals surface area contributed by atoms with E-state index in [1.807, 2.05) is 6.92 Å². The van der Waals surface area contributed by atoms with Gasteiger partial charge in [-0.05, 0) is 31.7 Å². The zero-order chi connectivity index (χ0) is 12.7. The number of rotatable bonds is 7. The molecular weight excluding hydrogens is 214 g/mol. The van der Waals surface area contributed by atoms with Gasteiger partial charge in [-0.2, -0.15) is 0 Å². The number of hydrogen-bond acceptors (Lipinski definition) is 3. The van der Waals surface area contributed by atoms with Gasteiger partial charge in [-0.15, -0.1) is 0 Å². The first-order valence-electron chi connectivity index (χ1n) is 7.04. The van der Waals surface area contributed by atoms with Crippen molar-refractivity contribution < 1.29 is 9.47 Å². The summed E-state index contributed by atoms with van der Waals surface area (Å²) in [4.78, 5) is 0. The van der Waals surface area contributed by atoms with E-state index in [4.69, 9.17) is 9.47 Å². The van der Waals surface area contributed by atoms with Gasteiger partial charge in [0.25, 0.3) is 0 Å². The maximum atomic E-state index is 6.00. The van der Waals surface area contributed by atoms with Crippen LogP contribution in [0.4, 0.5) is 0 Å². The molecule has 0 aliphatic heterocycles. The molecule has 0 heterocycles. The molecule has 1 aliphatic carbocycles. The molecular formula is C14H29NO2. The molecule has 102 valence electrons. The fourth-order valence-corrected chi connectivity index (χ4v) is 2.79. The molecule has 3 heteroatoms. The summed E-state index contributed by atoms with van der Waals surface area (Å²) in [5.74, 6) is 0. The largest absolute Gasteiger partial charge is 0.379 e. The van der Waals surface area contributed by atoms with E-state index in [1.165, 1.54) is 19.3 Å². The lowest BCUT2D eigenvalue weighted by molar-refractivity contribution is -0.0546. The second-order valence-electron chi connectivity index (χ2n) is 5.52. The average molecular weight is 243 g/mol. The third-order valence-corrected chi connectivity index (χ3v) is 3.71. The highest BCUT2D eigenvalue weighted by Gasteiger charge is 2.38. The van der Waals surface area contributed by atoms with Gasteiger partial charge in [-0.3, -0.25) is 0 Å². The van der Waals surface area contributed by atoms with Crippen LogP contribution in [0.5, 0.6) is 0 Å². The van der Waals surface area contributed by atoms with Gasteiger partial charge in [-0.1, -0.05) is 27.2 Å². The fourth-order valence-electron chi connectivity index (χ4n) is 2.79. The summed E-state index contributed by atoms with van der Waals surface area (Å²) in [7, 11) is 0. The Morgan fingerprint density at radius 1 is 1.24 bits per heavy atom. The van der Waals surface area contributed by atoms with E-state index in [0.717, 1.165) is 19.8 Å². The van der Waals surface area contributed by atoms with Crippen LogP contribution in [0, 0.1) is 5.41 Å². The molecule has 1 saturated carbocycles. The molecule has 1 rings (SSSR count). The summed E-state index contributed by atoms with van der Waals surface area (Å²) in [6.45, 7) is 12.1. The number of ether oxygens (including phenoxy) is 2. The molecule has 0 aromatic rings. The van der Waals surface area contributed by atoms with E-state index < -0.39 is 0 Å². The van der Waals surface area contributed by atoms with E-state index in [1.54, 1.807) is 0 Å². The van der Waals surface area contributed by atoms with Crippen molar-refractivity contribution in [2.24, 2.45) is 5.41 Å². The molecule has 0 amide bonds. The Hall–Kier alpha value is -0.120. The first-order chi connectivity index (χ1) is 8.11. The molecule has 0 aromatic carbocycles. The lowest BCUT2D eigenvalue weighted by Crippen LogP contribution is -2.53. The van der Waals surface area contributed by atoms with E-state index in [0.29, 0.717) is 24.2 Å². The van der Waals surface area contributed by atoms with E-state index in [2.05, 4.69) is 26.1 Å². The van der Waals surface area contributed by atoms with Crippen LogP contribution in [0.25, 0.3) is 0 Å². The third kappa shape index (κ3) is 4.57. The maximum Gasteiger partial charge on any atom is 0.0734 e. The van der Waals surface area contributed by atoms with Crippen molar-refractivity contribution in [3.05, 3.63) is 0 Å². The predicted octanol–water partition coefficient (Wildman–Crippen LogP) is 2.60.